The number of hydrogen-bond acceptors (Lipinski definition) is 4. The quantitative estimate of drug-likeness (QED) is 0.825. The van der Waals surface area contributed by atoms with E-state index in [4.69, 9.17) is 5.11 Å². The van der Waals surface area contributed by atoms with Gasteiger partial charge in [-0.25, -0.2) is 9.78 Å². The van der Waals surface area contributed by atoms with Crippen molar-refractivity contribution in [2.75, 3.05) is 11.4 Å². The second-order valence-electron chi connectivity index (χ2n) is 4.49. The minimum Gasteiger partial charge on any atom is -0.478 e. The standard InChI is InChI=1S/C16H17N3O2/c1-2-19(12-14-7-9-17-10-8-14)15-5-3-13(11-18-15)4-6-16(20)21/h3-11H,2,12H2,1H3,(H,20,21)/b6-4+. The number of carboxylic acid groups (broad SMARTS) is 1. The second kappa shape index (κ2) is 7.19. The third kappa shape index (κ3) is 4.42. The fourth-order valence-electron chi connectivity index (χ4n) is 1.91. The monoisotopic (exact) mass is 283 g/mol. The Bertz CT molecular complexity index is 609. The molecule has 1 N–H and O–H groups in total. The summed E-state index contributed by atoms with van der Waals surface area (Å²) in [7, 11) is 0. The third-order valence-corrected chi connectivity index (χ3v) is 3.02. The van der Waals surface area contributed by atoms with Crippen LogP contribution in [0, 0.1) is 0 Å². The molecule has 0 aliphatic carbocycles. The van der Waals surface area contributed by atoms with Gasteiger partial charge in [0.05, 0.1) is 0 Å². The molecule has 0 saturated heterocycles. The van der Waals surface area contributed by atoms with Gasteiger partial charge in [-0.05, 0) is 48.4 Å². The van der Waals surface area contributed by atoms with Crippen LogP contribution in [0.4, 0.5) is 5.82 Å². The highest BCUT2D eigenvalue weighted by Gasteiger charge is 2.06. The fraction of sp³-hybridized carbons (Fsp3) is 0.188. The number of aromatic nitrogens is 2. The largest absolute Gasteiger partial charge is 0.478 e. The van der Waals surface area contributed by atoms with Crippen LogP contribution in [-0.4, -0.2) is 27.6 Å². The SMILES string of the molecule is CCN(Cc1ccncc1)c1ccc(/C=C/C(=O)O)cn1. The Morgan fingerprint density at radius 2 is 2.05 bits per heavy atom. The first-order valence-corrected chi connectivity index (χ1v) is 6.70. The van der Waals surface area contributed by atoms with Crippen molar-refractivity contribution < 1.29 is 9.90 Å². The van der Waals surface area contributed by atoms with Crippen LogP contribution in [0.25, 0.3) is 6.08 Å². The summed E-state index contributed by atoms with van der Waals surface area (Å²) in [6, 6.07) is 7.71. The average molecular weight is 283 g/mol. The number of carbonyl (C=O) groups is 1. The van der Waals surface area contributed by atoms with Crippen LogP contribution in [0.2, 0.25) is 0 Å². The molecule has 5 nitrogen and oxygen atoms in total. The molecular weight excluding hydrogens is 266 g/mol. The summed E-state index contributed by atoms with van der Waals surface area (Å²) in [4.78, 5) is 21.0. The van der Waals surface area contributed by atoms with Crippen LogP contribution in [-0.2, 0) is 11.3 Å². The maximum absolute atomic E-state index is 10.5. The molecule has 21 heavy (non-hydrogen) atoms. The van der Waals surface area contributed by atoms with Crippen LogP contribution in [0.5, 0.6) is 0 Å². The van der Waals surface area contributed by atoms with Gasteiger partial charge in [-0.2, -0.15) is 0 Å². The number of hydrogen-bond donors (Lipinski definition) is 1. The predicted octanol–water partition coefficient (Wildman–Crippen LogP) is 2.60. The van der Waals surface area contributed by atoms with E-state index in [0.29, 0.717) is 0 Å². The zero-order valence-corrected chi connectivity index (χ0v) is 11.8. The van der Waals surface area contributed by atoms with Gasteiger partial charge < -0.3 is 10.0 Å². The molecule has 0 amide bonds. The maximum atomic E-state index is 10.5. The van der Waals surface area contributed by atoms with E-state index in [1.165, 1.54) is 11.6 Å². The molecule has 108 valence electrons. The van der Waals surface area contributed by atoms with Crippen molar-refractivity contribution in [2.45, 2.75) is 13.5 Å². The van der Waals surface area contributed by atoms with Crippen LogP contribution in [0.15, 0.2) is 48.9 Å². The summed E-state index contributed by atoms with van der Waals surface area (Å²) < 4.78 is 0. The van der Waals surface area contributed by atoms with Crippen LogP contribution >= 0.6 is 0 Å². The molecule has 0 bridgehead atoms. The molecule has 0 unspecified atom stereocenters. The lowest BCUT2D eigenvalue weighted by molar-refractivity contribution is -0.131. The number of rotatable bonds is 6. The number of anilines is 1. The van der Waals surface area contributed by atoms with E-state index in [0.717, 1.165) is 30.5 Å². The first-order chi connectivity index (χ1) is 10.2. The summed E-state index contributed by atoms with van der Waals surface area (Å²) in [6.45, 7) is 3.66. The first-order valence-electron chi connectivity index (χ1n) is 6.70. The van der Waals surface area contributed by atoms with Crippen molar-refractivity contribution in [3.8, 4) is 0 Å². The Balaban J connectivity index is 2.10. The van der Waals surface area contributed by atoms with E-state index >= 15 is 0 Å². The zero-order chi connectivity index (χ0) is 15.1. The van der Waals surface area contributed by atoms with Crippen LogP contribution in [0.3, 0.4) is 0 Å². The molecule has 2 aromatic rings. The summed E-state index contributed by atoms with van der Waals surface area (Å²) in [6.07, 6.45) is 7.85. The van der Waals surface area contributed by atoms with E-state index in [1.807, 2.05) is 24.3 Å². The molecule has 2 aromatic heterocycles. The molecule has 0 saturated carbocycles. The minimum atomic E-state index is -0.966. The summed E-state index contributed by atoms with van der Waals surface area (Å²) in [5.74, 6) is -0.103. The highest BCUT2D eigenvalue weighted by molar-refractivity contribution is 5.85. The van der Waals surface area contributed by atoms with Crippen molar-refractivity contribution in [3.63, 3.8) is 0 Å². The van der Waals surface area contributed by atoms with Gasteiger partial charge in [0.15, 0.2) is 0 Å². The van der Waals surface area contributed by atoms with Gasteiger partial charge in [0.25, 0.3) is 0 Å². The van der Waals surface area contributed by atoms with E-state index < -0.39 is 5.97 Å². The highest BCUT2D eigenvalue weighted by atomic mass is 16.4. The summed E-state index contributed by atoms with van der Waals surface area (Å²) in [5, 5.41) is 8.60. The van der Waals surface area contributed by atoms with Crippen LogP contribution in [0.1, 0.15) is 18.1 Å². The second-order valence-corrected chi connectivity index (χ2v) is 4.49. The number of carboxylic acids is 1. The van der Waals surface area contributed by atoms with Crippen molar-refractivity contribution in [3.05, 3.63) is 60.1 Å². The molecule has 0 aliphatic rings. The summed E-state index contributed by atoms with van der Waals surface area (Å²) >= 11 is 0. The lowest BCUT2D eigenvalue weighted by atomic mass is 10.2. The molecule has 5 heteroatoms. The molecule has 0 atom stereocenters. The van der Waals surface area contributed by atoms with Gasteiger partial charge in [0.1, 0.15) is 5.82 Å². The van der Waals surface area contributed by atoms with E-state index in [-0.39, 0.29) is 0 Å². The van der Waals surface area contributed by atoms with Gasteiger partial charge >= 0.3 is 5.97 Å². The smallest absolute Gasteiger partial charge is 0.328 e. The van der Waals surface area contributed by atoms with Gasteiger partial charge in [-0.1, -0.05) is 0 Å². The molecule has 0 spiro atoms. The Kier molecular flexibility index (Phi) is 5.04. The topological polar surface area (TPSA) is 66.3 Å². The van der Waals surface area contributed by atoms with Gasteiger partial charge in [-0.3, -0.25) is 4.98 Å². The maximum Gasteiger partial charge on any atom is 0.328 e. The Morgan fingerprint density at radius 1 is 1.29 bits per heavy atom. The van der Waals surface area contributed by atoms with E-state index in [1.54, 1.807) is 18.6 Å². The molecule has 2 rings (SSSR count). The molecule has 0 fully saturated rings. The Labute approximate surface area is 123 Å². The highest BCUT2D eigenvalue weighted by Crippen LogP contribution is 2.15. The van der Waals surface area contributed by atoms with E-state index in [9.17, 15) is 4.79 Å². The lowest BCUT2D eigenvalue weighted by Gasteiger charge is -2.22. The van der Waals surface area contributed by atoms with Gasteiger partial charge in [0.2, 0.25) is 0 Å². The van der Waals surface area contributed by atoms with Gasteiger partial charge in [-0.15, -0.1) is 0 Å². The first kappa shape index (κ1) is 14.7. The normalized spacial score (nSPS) is 10.7. The van der Waals surface area contributed by atoms with Crippen molar-refractivity contribution in [1.29, 1.82) is 0 Å². The van der Waals surface area contributed by atoms with Gasteiger partial charge in [0, 0.05) is 37.8 Å². The lowest BCUT2D eigenvalue weighted by Crippen LogP contribution is -2.22. The summed E-state index contributed by atoms with van der Waals surface area (Å²) in [5.41, 5.74) is 1.93. The number of nitrogens with zero attached hydrogens (tertiary/aromatic N) is 3. The van der Waals surface area contributed by atoms with Crippen molar-refractivity contribution in [2.24, 2.45) is 0 Å². The predicted molar refractivity (Wildman–Crippen MR) is 81.9 cm³/mol. The Hall–Kier alpha value is -2.69. The minimum absolute atomic E-state index is 0.760. The number of pyridine rings is 2. The molecular formula is C16H17N3O2. The molecule has 2 heterocycles. The number of aliphatic carboxylic acids is 1. The molecule has 0 aromatic carbocycles. The fourth-order valence-corrected chi connectivity index (χ4v) is 1.91. The Morgan fingerprint density at radius 3 is 2.62 bits per heavy atom. The van der Waals surface area contributed by atoms with E-state index in [2.05, 4.69) is 21.8 Å². The van der Waals surface area contributed by atoms with Crippen molar-refractivity contribution in [1.82, 2.24) is 9.97 Å². The zero-order valence-electron chi connectivity index (χ0n) is 11.8. The molecule has 0 radical (unpaired) electrons. The third-order valence-electron chi connectivity index (χ3n) is 3.02. The molecule has 0 aliphatic heterocycles. The average Bonchev–Trinajstić information content (AvgIpc) is 2.52. The van der Waals surface area contributed by atoms with Crippen molar-refractivity contribution >= 4 is 17.9 Å². The van der Waals surface area contributed by atoms with Crippen LogP contribution < -0.4 is 4.90 Å².